The van der Waals surface area contributed by atoms with Gasteiger partial charge in [0.05, 0.1) is 6.61 Å². The van der Waals surface area contributed by atoms with Gasteiger partial charge in [0.1, 0.15) is 18.7 Å². The monoisotopic (exact) mass is 184 g/mol. The lowest BCUT2D eigenvalue weighted by atomic mass is 10.0. The standard InChI is InChI=1S/C9H16N2O2/c1-3-8-9(4-2)13-6-5-11(8,12)7-10/h8-9H,3-6H2,1-2H3. The van der Waals surface area contributed by atoms with Crippen molar-refractivity contribution in [1.82, 2.24) is 0 Å². The molecule has 0 aliphatic carbocycles. The van der Waals surface area contributed by atoms with Gasteiger partial charge in [0, 0.05) is 6.42 Å². The fourth-order valence-corrected chi connectivity index (χ4v) is 1.96. The first-order valence-corrected chi connectivity index (χ1v) is 4.79. The van der Waals surface area contributed by atoms with Gasteiger partial charge in [-0.1, -0.05) is 13.8 Å². The molecular formula is C9H16N2O2. The van der Waals surface area contributed by atoms with Crippen LogP contribution in [0.3, 0.4) is 0 Å². The van der Waals surface area contributed by atoms with Crippen LogP contribution < -0.4 is 0 Å². The second-order valence-electron chi connectivity index (χ2n) is 3.41. The number of nitrogens with zero attached hydrogens (tertiary/aromatic N) is 2. The minimum atomic E-state index is -0.741. The van der Waals surface area contributed by atoms with E-state index in [1.807, 2.05) is 20.0 Å². The number of rotatable bonds is 2. The second kappa shape index (κ2) is 4.05. The number of quaternary nitrogens is 1. The predicted octanol–water partition coefficient (Wildman–Crippen LogP) is 1.37. The summed E-state index contributed by atoms with van der Waals surface area (Å²) in [6.07, 6.45) is 3.31. The van der Waals surface area contributed by atoms with Gasteiger partial charge in [0.15, 0.2) is 0 Å². The van der Waals surface area contributed by atoms with Gasteiger partial charge in [0.2, 0.25) is 0 Å². The van der Waals surface area contributed by atoms with Crippen LogP contribution in [0.25, 0.3) is 0 Å². The summed E-state index contributed by atoms with van der Waals surface area (Å²) in [4.78, 5) is 0. The number of hydrogen-bond donors (Lipinski definition) is 0. The van der Waals surface area contributed by atoms with Crippen molar-refractivity contribution >= 4 is 0 Å². The third-order valence-corrected chi connectivity index (χ3v) is 2.71. The summed E-state index contributed by atoms with van der Waals surface area (Å²) in [5.41, 5.74) is 0. The third kappa shape index (κ3) is 1.83. The SMILES string of the molecule is CCC1OCC[N+]([O-])(C#N)C1CC. The molecule has 3 atom stereocenters. The van der Waals surface area contributed by atoms with Crippen LogP contribution in [0.2, 0.25) is 0 Å². The van der Waals surface area contributed by atoms with E-state index in [4.69, 9.17) is 10.00 Å². The van der Waals surface area contributed by atoms with Crippen molar-refractivity contribution in [1.29, 1.82) is 5.26 Å². The van der Waals surface area contributed by atoms with Gasteiger partial charge < -0.3 is 9.94 Å². The molecular weight excluding hydrogens is 168 g/mol. The molecule has 4 nitrogen and oxygen atoms in total. The summed E-state index contributed by atoms with van der Waals surface area (Å²) in [6.45, 7) is 4.60. The van der Waals surface area contributed by atoms with Crippen molar-refractivity contribution in [3.63, 3.8) is 0 Å². The number of morpholine rings is 1. The van der Waals surface area contributed by atoms with Crippen LogP contribution >= 0.6 is 0 Å². The van der Waals surface area contributed by atoms with E-state index < -0.39 is 4.65 Å². The molecule has 3 unspecified atom stereocenters. The average Bonchev–Trinajstić information content (AvgIpc) is 2.17. The zero-order chi connectivity index (χ0) is 9.90. The summed E-state index contributed by atoms with van der Waals surface area (Å²) in [5.74, 6) is 0. The zero-order valence-electron chi connectivity index (χ0n) is 8.19. The van der Waals surface area contributed by atoms with E-state index in [1.54, 1.807) is 0 Å². The molecule has 1 fully saturated rings. The van der Waals surface area contributed by atoms with Gasteiger partial charge in [-0.2, -0.15) is 0 Å². The molecule has 0 spiro atoms. The zero-order valence-corrected chi connectivity index (χ0v) is 8.19. The quantitative estimate of drug-likeness (QED) is 0.370. The molecule has 0 N–H and O–H groups in total. The predicted molar refractivity (Wildman–Crippen MR) is 48.2 cm³/mol. The molecule has 74 valence electrons. The Hall–Kier alpha value is -0.630. The molecule has 0 aromatic carbocycles. The van der Waals surface area contributed by atoms with Gasteiger partial charge in [-0.05, 0) is 6.42 Å². The van der Waals surface area contributed by atoms with Crippen LogP contribution in [0, 0.1) is 16.7 Å². The Labute approximate surface area is 78.9 Å². The van der Waals surface area contributed by atoms with Crippen molar-refractivity contribution in [2.75, 3.05) is 13.2 Å². The summed E-state index contributed by atoms with van der Waals surface area (Å²) in [6, 6.07) is -0.205. The van der Waals surface area contributed by atoms with Crippen LogP contribution in [-0.4, -0.2) is 29.9 Å². The molecule has 0 saturated carbocycles. The van der Waals surface area contributed by atoms with E-state index >= 15 is 0 Å². The first-order valence-electron chi connectivity index (χ1n) is 4.79. The number of ether oxygens (including phenoxy) is 1. The fraction of sp³-hybridized carbons (Fsp3) is 0.889. The molecule has 0 amide bonds. The largest absolute Gasteiger partial charge is 0.617 e. The maximum atomic E-state index is 11.9. The molecule has 13 heavy (non-hydrogen) atoms. The first kappa shape index (κ1) is 10.5. The van der Waals surface area contributed by atoms with Crippen LogP contribution in [0.4, 0.5) is 0 Å². The Morgan fingerprint density at radius 2 is 2.23 bits per heavy atom. The molecule has 1 heterocycles. The fourth-order valence-electron chi connectivity index (χ4n) is 1.96. The Morgan fingerprint density at radius 3 is 2.69 bits per heavy atom. The van der Waals surface area contributed by atoms with Gasteiger partial charge >= 0.3 is 6.19 Å². The van der Waals surface area contributed by atoms with Crippen LogP contribution in [0.1, 0.15) is 26.7 Å². The highest BCUT2D eigenvalue weighted by Gasteiger charge is 2.39. The first-order chi connectivity index (χ1) is 6.18. The van der Waals surface area contributed by atoms with Crippen molar-refractivity contribution < 1.29 is 9.38 Å². The van der Waals surface area contributed by atoms with E-state index in [1.165, 1.54) is 0 Å². The molecule has 1 aliphatic rings. The van der Waals surface area contributed by atoms with Crippen molar-refractivity contribution in [2.45, 2.75) is 38.8 Å². The Balaban J connectivity index is 2.80. The van der Waals surface area contributed by atoms with Crippen molar-refractivity contribution in [3.05, 3.63) is 5.21 Å². The molecule has 0 aromatic heterocycles. The summed E-state index contributed by atoms with van der Waals surface area (Å²) in [5, 5.41) is 20.7. The minimum Gasteiger partial charge on any atom is -0.617 e. The lowest BCUT2D eigenvalue weighted by molar-refractivity contribution is -0.857. The number of hydroxylamine groups is 3. The Kier molecular flexibility index (Phi) is 3.26. The lowest BCUT2D eigenvalue weighted by Crippen LogP contribution is -2.58. The second-order valence-corrected chi connectivity index (χ2v) is 3.41. The molecule has 0 radical (unpaired) electrons. The maximum absolute atomic E-state index is 11.9. The van der Waals surface area contributed by atoms with Gasteiger partial charge in [-0.25, -0.2) is 0 Å². The molecule has 4 heteroatoms. The molecule has 1 rings (SSSR count). The maximum Gasteiger partial charge on any atom is 0.309 e. The van der Waals surface area contributed by atoms with Crippen LogP contribution in [0.5, 0.6) is 0 Å². The normalized spacial score (nSPS) is 39.8. The van der Waals surface area contributed by atoms with Crippen LogP contribution in [-0.2, 0) is 4.74 Å². The average molecular weight is 184 g/mol. The third-order valence-electron chi connectivity index (χ3n) is 2.71. The molecule has 1 aliphatic heterocycles. The van der Waals surface area contributed by atoms with E-state index in [0.717, 1.165) is 6.42 Å². The highest BCUT2D eigenvalue weighted by Crippen LogP contribution is 2.25. The van der Waals surface area contributed by atoms with Gasteiger partial charge in [-0.15, -0.1) is 5.26 Å². The van der Waals surface area contributed by atoms with E-state index in [0.29, 0.717) is 13.0 Å². The summed E-state index contributed by atoms with van der Waals surface area (Å²) < 4.78 is 4.72. The number of nitriles is 1. The smallest absolute Gasteiger partial charge is 0.309 e. The van der Waals surface area contributed by atoms with E-state index in [2.05, 4.69) is 0 Å². The topological polar surface area (TPSA) is 56.1 Å². The van der Waals surface area contributed by atoms with E-state index in [9.17, 15) is 5.21 Å². The highest BCUT2D eigenvalue weighted by atomic mass is 16.6. The summed E-state index contributed by atoms with van der Waals surface area (Å²) >= 11 is 0. The lowest BCUT2D eigenvalue weighted by Gasteiger charge is -2.46. The van der Waals surface area contributed by atoms with Crippen LogP contribution in [0.15, 0.2) is 0 Å². The molecule has 1 saturated heterocycles. The highest BCUT2D eigenvalue weighted by molar-refractivity contribution is 4.79. The Bertz CT molecular complexity index is 214. The Morgan fingerprint density at radius 1 is 1.54 bits per heavy atom. The number of hydrogen-bond acceptors (Lipinski definition) is 3. The molecule has 0 bridgehead atoms. The van der Waals surface area contributed by atoms with E-state index in [-0.39, 0.29) is 18.7 Å². The molecule has 0 aromatic rings. The van der Waals surface area contributed by atoms with Crippen molar-refractivity contribution in [2.24, 2.45) is 0 Å². The van der Waals surface area contributed by atoms with Crippen molar-refractivity contribution in [3.8, 4) is 6.19 Å². The summed E-state index contributed by atoms with van der Waals surface area (Å²) in [7, 11) is 0. The minimum absolute atomic E-state index is 0.0455. The van der Waals surface area contributed by atoms with Gasteiger partial charge in [-0.3, -0.25) is 4.65 Å². The van der Waals surface area contributed by atoms with Gasteiger partial charge in [0.25, 0.3) is 0 Å².